The summed E-state index contributed by atoms with van der Waals surface area (Å²) in [5, 5.41) is 12.6. The molecule has 48 heavy (non-hydrogen) atoms. The highest BCUT2D eigenvalue weighted by Crippen LogP contribution is 2.36. The van der Waals surface area contributed by atoms with Crippen LogP contribution in [0.5, 0.6) is 5.75 Å². The molecule has 1 amide bonds. The summed E-state index contributed by atoms with van der Waals surface area (Å²) < 4.78 is 64.7. The molecule has 12 heteroatoms. The summed E-state index contributed by atoms with van der Waals surface area (Å²) in [5.74, 6) is -1.99. The van der Waals surface area contributed by atoms with E-state index >= 15 is 4.39 Å². The Morgan fingerprint density at radius 3 is 2.29 bits per heavy atom. The number of aromatic nitrogens is 1. The molecule has 1 aliphatic heterocycles. The van der Waals surface area contributed by atoms with E-state index in [0.717, 1.165) is 42.3 Å². The van der Waals surface area contributed by atoms with E-state index in [2.05, 4.69) is 10.2 Å². The number of pyridine rings is 1. The van der Waals surface area contributed by atoms with Crippen LogP contribution in [-0.2, 0) is 22.2 Å². The third-order valence-electron chi connectivity index (χ3n) is 8.85. The first-order chi connectivity index (χ1) is 22.5. The lowest BCUT2D eigenvalue weighted by Crippen LogP contribution is -2.39. The van der Waals surface area contributed by atoms with Crippen molar-refractivity contribution in [1.82, 2.24) is 14.8 Å². The second-order valence-electron chi connectivity index (χ2n) is 13.0. The van der Waals surface area contributed by atoms with E-state index in [1.54, 1.807) is 26.2 Å². The maximum absolute atomic E-state index is 15.8. The molecule has 0 saturated carbocycles. The van der Waals surface area contributed by atoms with Crippen LogP contribution in [0.3, 0.4) is 0 Å². The van der Waals surface area contributed by atoms with Gasteiger partial charge in [-0.2, -0.15) is 13.2 Å². The fourth-order valence-corrected chi connectivity index (χ4v) is 6.48. The third kappa shape index (κ3) is 8.63. The number of carbonyl (C=O) groups excluding carboxylic acids is 1. The Hall–Kier alpha value is -3.77. The first-order valence-electron chi connectivity index (χ1n) is 16.0. The molecular formula is C36H43F4N3O4S. The van der Waals surface area contributed by atoms with Crippen molar-refractivity contribution >= 4 is 24.1 Å². The van der Waals surface area contributed by atoms with E-state index in [1.807, 2.05) is 39.8 Å². The number of aryl methyl sites for hydroxylation is 3. The lowest BCUT2D eigenvalue weighted by Gasteiger charge is -2.31. The quantitative estimate of drug-likeness (QED) is 0.139. The molecule has 260 valence electrons. The van der Waals surface area contributed by atoms with Crippen molar-refractivity contribution in [3.8, 4) is 16.9 Å². The molecule has 0 spiro atoms. The van der Waals surface area contributed by atoms with Crippen molar-refractivity contribution in [2.45, 2.75) is 78.6 Å². The number of benzene rings is 2. The van der Waals surface area contributed by atoms with Crippen LogP contribution >= 0.6 is 12.2 Å². The zero-order valence-corrected chi connectivity index (χ0v) is 28.9. The second-order valence-corrected chi connectivity index (χ2v) is 13.5. The van der Waals surface area contributed by atoms with Gasteiger partial charge in [0.1, 0.15) is 22.2 Å². The molecule has 2 N–H and O–H groups in total. The lowest BCUT2D eigenvalue weighted by molar-refractivity contribution is -0.139. The van der Waals surface area contributed by atoms with Gasteiger partial charge in [0.2, 0.25) is 5.91 Å². The number of likely N-dealkylation sites (tertiary alicyclic amines) is 1. The summed E-state index contributed by atoms with van der Waals surface area (Å²) in [4.78, 5) is 28.2. The first-order valence-corrected chi connectivity index (χ1v) is 16.4. The van der Waals surface area contributed by atoms with E-state index in [-0.39, 0.29) is 40.1 Å². The number of aliphatic carboxylic acids is 1. The summed E-state index contributed by atoms with van der Waals surface area (Å²) in [7, 11) is 1.57. The molecular weight excluding hydrogens is 646 g/mol. The fraction of sp³-hybridized carbons (Fsp3) is 0.472. The largest absolute Gasteiger partial charge is 0.496 e. The SMILES string of the molecule is COc1cc(C)c(-c2cc(C)c(F)c(C(CC(=O)O)NC(=O)C(CC(C)C)n3cc(CCN4CCC4)c(C(F)(F)F)cc3=S)c2)cc1C. The molecule has 0 aliphatic carbocycles. The van der Waals surface area contributed by atoms with Crippen molar-refractivity contribution < 1.29 is 37.0 Å². The number of halogens is 4. The molecule has 3 aromatic rings. The summed E-state index contributed by atoms with van der Waals surface area (Å²) in [5.41, 5.74) is 2.56. The Bertz CT molecular complexity index is 1730. The Labute approximate surface area is 283 Å². The number of carboxylic acid groups (broad SMARTS) is 1. The van der Waals surface area contributed by atoms with Gasteiger partial charge in [0.15, 0.2) is 0 Å². The number of ether oxygens (including phenoxy) is 1. The van der Waals surface area contributed by atoms with E-state index in [0.29, 0.717) is 17.9 Å². The van der Waals surface area contributed by atoms with Crippen molar-refractivity contribution in [2.24, 2.45) is 5.92 Å². The van der Waals surface area contributed by atoms with Crippen LogP contribution in [-0.4, -0.2) is 53.2 Å². The zero-order valence-electron chi connectivity index (χ0n) is 28.1. The second kappa shape index (κ2) is 15.2. The molecule has 1 saturated heterocycles. The van der Waals surface area contributed by atoms with E-state index in [9.17, 15) is 27.9 Å². The number of hydrogen-bond donors (Lipinski definition) is 2. The number of carboxylic acids is 1. The van der Waals surface area contributed by atoms with Gasteiger partial charge in [-0.1, -0.05) is 26.1 Å². The van der Waals surface area contributed by atoms with Crippen LogP contribution in [0.15, 0.2) is 36.5 Å². The molecule has 2 heterocycles. The van der Waals surface area contributed by atoms with E-state index in [4.69, 9.17) is 17.0 Å². The average Bonchev–Trinajstić information content (AvgIpc) is 2.96. The van der Waals surface area contributed by atoms with Gasteiger partial charge in [-0.05, 0) is 123 Å². The molecule has 1 fully saturated rings. The highest BCUT2D eigenvalue weighted by Gasteiger charge is 2.35. The van der Waals surface area contributed by atoms with Gasteiger partial charge in [0.25, 0.3) is 0 Å². The van der Waals surface area contributed by atoms with Crippen molar-refractivity contribution in [1.29, 1.82) is 0 Å². The Kier molecular flexibility index (Phi) is 11.7. The highest BCUT2D eigenvalue weighted by atomic mass is 32.1. The minimum atomic E-state index is -4.64. The fourth-order valence-electron chi connectivity index (χ4n) is 6.18. The molecule has 7 nitrogen and oxygen atoms in total. The number of rotatable bonds is 13. The predicted octanol–water partition coefficient (Wildman–Crippen LogP) is 8.14. The Morgan fingerprint density at radius 1 is 1.04 bits per heavy atom. The van der Waals surface area contributed by atoms with Gasteiger partial charge < -0.3 is 24.6 Å². The number of methoxy groups -OCH3 is 1. The van der Waals surface area contributed by atoms with Gasteiger partial charge in [0, 0.05) is 18.3 Å². The summed E-state index contributed by atoms with van der Waals surface area (Å²) in [6, 6.07) is 5.51. The lowest BCUT2D eigenvalue weighted by atomic mass is 9.91. The molecule has 2 atom stereocenters. The Balaban J connectivity index is 1.77. The van der Waals surface area contributed by atoms with E-state index in [1.165, 1.54) is 10.8 Å². The molecule has 4 rings (SSSR count). The first kappa shape index (κ1) is 37.1. The van der Waals surface area contributed by atoms with Crippen LogP contribution in [0.1, 0.15) is 78.6 Å². The molecule has 2 unspecified atom stereocenters. The topological polar surface area (TPSA) is 83.8 Å². The van der Waals surface area contributed by atoms with Gasteiger partial charge in [-0.15, -0.1) is 0 Å². The number of nitrogens with one attached hydrogen (secondary N) is 1. The predicted molar refractivity (Wildman–Crippen MR) is 179 cm³/mol. The van der Waals surface area contributed by atoms with E-state index < -0.39 is 47.9 Å². The number of carbonyl (C=O) groups is 2. The van der Waals surface area contributed by atoms with Gasteiger partial charge in [-0.3, -0.25) is 9.59 Å². The van der Waals surface area contributed by atoms with Crippen molar-refractivity contribution in [3.63, 3.8) is 0 Å². The average molecular weight is 690 g/mol. The van der Waals surface area contributed by atoms with Crippen LogP contribution < -0.4 is 10.1 Å². The molecule has 0 radical (unpaired) electrons. The maximum atomic E-state index is 15.8. The van der Waals surface area contributed by atoms with Gasteiger partial charge >= 0.3 is 12.1 Å². The molecule has 0 bridgehead atoms. The number of alkyl halides is 3. The maximum Gasteiger partial charge on any atom is 0.416 e. The minimum Gasteiger partial charge on any atom is -0.496 e. The zero-order chi connectivity index (χ0) is 35.5. The number of amides is 1. The Morgan fingerprint density at radius 2 is 1.73 bits per heavy atom. The monoisotopic (exact) mass is 689 g/mol. The normalized spacial score (nSPS) is 14.8. The molecule has 1 aromatic heterocycles. The highest BCUT2D eigenvalue weighted by molar-refractivity contribution is 7.71. The van der Waals surface area contributed by atoms with Gasteiger partial charge in [-0.25, -0.2) is 4.39 Å². The smallest absolute Gasteiger partial charge is 0.416 e. The van der Waals surface area contributed by atoms with Crippen LogP contribution in [0, 0.1) is 37.1 Å². The minimum absolute atomic E-state index is 0.0110. The summed E-state index contributed by atoms with van der Waals surface area (Å²) in [6.07, 6.45) is -2.65. The van der Waals surface area contributed by atoms with Crippen LogP contribution in [0.4, 0.5) is 17.6 Å². The van der Waals surface area contributed by atoms with Crippen LogP contribution in [0.2, 0.25) is 0 Å². The van der Waals surface area contributed by atoms with Crippen molar-refractivity contribution in [2.75, 3.05) is 26.7 Å². The summed E-state index contributed by atoms with van der Waals surface area (Å²) in [6.45, 7) is 11.1. The molecule has 2 aromatic carbocycles. The van der Waals surface area contributed by atoms with Gasteiger partial charge in [0.05, 0.1) is 25.1 Å². The number of nitrogens with zero attached hydrogens (tertiary/aromatic N) is 2. The van der Waals surface area contributed by atoms with Crippen LogP contribution in [0.25, 0.3) is 11.1 Å². The standard InChI is InChI=1S/C36H43F4N3O4S/c1-20(2)12-30(43-19-24(8-11-42-9-7-10-42)28(17-32(43)48)36(38,39)40)35(46)41-29(18-33(44)45)27-16-25(13-23(5)34(27)37)26-14-22(4)31(47-6)15-21(26)3/h13-17,19-20,29-30H,7-12,18H2,1-6H3,(H,41,46)(H,44,45). The molecule has 1 aliphatic rings. The number of hydrogen-bond acceptors (Lipinski definition) is 5. The van der Waals surface area contributed by atoms with Crippen molar-refractivity contribution in [3.05, 3.63) is 80.4 Å². The third-order valence-corrected chi connectivity index (χ3v) is 9.18. The summed E-state index contributed by atoms with van der Waals surface area (Å²) >= 11 is 5.42.